The standard InChI is InChI=1S/C25H25NO3/c1-17-11-13-19(14-12-17)22(16-18-7-6-10-21(27)15-18)25(2)24(28)26-23(29-25)20-8-4-3-5-9-20/h3-5,8-9,11-15,22H,6-7,10,16H2,1-2H3/t22-,25+/m0/s1. The van der Waals surface area contributed by atoms with Gasteiger partial charge in [-0.2, -0.15) is 4.99 Å². The van der Waals surface area contributed by atoms with Gasteiger partial charge in [0.2, 0.25) is 5.90 Å². The van der Waals surface area contributed by atoms with Crippen molar-refractivity contribution < 1.29 is 14.3 Å². The molecular formula is C25H25NO3. The van der Waals surface area contributed by atoms with Crippen molar-refractivity contribution in [3.63, 3.8) is 0 Å². The topological polar surface area (TPSA) is 55.7 Å². The predicted molar refractivity (Wildman–Crippen MR) is 113 cm³/mol. The van der Waals surface area contributed by atoms with Crippen LogP contribution in [0.1, 0.15) is 55.2 Å². The summed E-state index contributed by atoms with van der Waals surface area (Å²) < 4.78 is 6.25. The van der Waals surface area contributed by atoms with Crippen molar-refractivity contribution in [2.24, 2.45) is 4.99 Å². The largest absolute Gasteiger partial charge is 0.460 e. The average Bonchev–Trinajstić information content (AvgIpc) is 3.03. The molecule has 0 aromatic heterocycles. The Bertz CT molecular complexity index is 988. The first kappa shape index (κ1) is 19.3. The van der Waals surface area contributed by atoms with Gasteiger partial charge in [0.1, 0.15) is 0 Å². The molecule has 148 valence electrons. The third kappa shape index (κ3) is 3.93. The maximum Gasteiger partial charge on any atom is 0.293 e. The Morgan fingerprint density at radius 1 is 1.03 bits per heavy atom. The lowest BCUT2D eigenvalue weighted by molar-refractivity contribution is -0.131. The van der Waals surface area contributed by atoms with E-state index in [1.807, 2.05) is 68.4 Å². The highest BCUT2D eigenvalue weighted by Gasteiger charge is 2.49. The summed E-state index contributed by atoms with van der Waals surface area (Å²) in [5.74, 6) is 0.0326. The molecule has 29 heavy (non-hydrogen) atoms. The van der Waals surface area contributed by atoms with Gasteiger partial charge in [0.05, 0.1) is 0 Å². The average molecular weight is 387 g/mol. The first-order valence-electron chi connectivity index (χ1n) is 10.1. The van der Waals surface area contributed by atoms with E-state index in [0.717, 1.165) is 35.1 Å². The molecule has 2 aromatic carbocycles. The number of hydrogen-bond acceptors (Lipinski definition) is 3. The summed E-state index contributed by atoms with van der Waals surface area (Å²) in [4.78, 5) is 29.3. The van der Waals surface area contributed by atoms with Crippen LogP contribution < -0.4 is 0 Å². The number of carbonyl (C=O) groups excluding carboxylic acids is 2. The highest BCUT2D eigenvalue weighted by atomic mass is 16.5. The van der Waals surface area contributed by atoms with Crippen molar-refractivity contribution in [2.45, 2.75) is 51.0 Å². The van der Waals surface area contributed by atoms with E-state index in [9.17, 15) is 9.59 Å². The Morgan fingerprint density at radius 2 is 1.76 bits per heavy atom. The van der Waals surface area contributed by atoms with Crippen LogP contribution in [0.15, 0.2) is 71.2 Å². The molecule has 0 saturated heterocycles. The molecule has 0 spiro atoms. The zero-order valence-corrected chi connectivity index (χ0v) is 16.9. The lowest BCUT2D eigenvalue weighted by Gasteiger charge is -2.33. The van der Waals surface area contributed by atoms with Crippen LogP contribution in [0.5, 0.6) is 0 Å². The third-order valence-electron chi connectivity index (χ3n) is 5.85. The molecule has 0 bridgehead atoms. The summed E-state index contributed by atoms with van der Waals surface area (Å²) in [6.45, 7) is 3.86. The normalized spacial score (nSPS) is 22.7. The summed E-state index contributed by atoms with van der Waals surface area (Å²) in [7, 11) is 0. The first-order valence-corrected chi connectivity index (χ1v) is 10.1. The van der Waals surface area contributed by atoms with Crippen molar-refractivity contribution in [1.82, 2.24) is 0 Å². The van der Waals surface area contributed by atoms with Gasteiger partial charge >= 0.3 is 0 Å². The molecule has 1 amide bonds. The van der Waals surface area contributed by atoms with Crippen LogP contribution in [0, 0.1) is 6.92 Å². The zero-order valence-electron chi connectivity index (χ0n) is 16.9. The zero-order chi connectivity index (χ0) is 20.4. The van der Waals surface area contributed by atoms with Crippen molar-refractivity contribution in [2.75, 3.05) is 0 Å². The molecule has 4 nitrogen and oxygen atoms in total. The fourth-order valence-corrected chi connectivity index (χ4v) is 4.11. The number of ketones is 1. The van der Waals surface area contributed by atoms with Gasteiger partial charge in [0, 0.05) is 17.9 Å². The minimum atomic E-state index is -1.11. The van der Waals surface area contributed by atoms with E-state index in [-0.39, 0.29) is 17.6 Å². The fourth-order valence-electron chi connectivity index (χ4n) is 4.11. The van der Waals surface area contributed by atoms with E-state index in [0.29, 0.717) is 18.7 Å². The smallest absolute Gasteiger partial charge is 0.293 e. The monoisotopic (exact) mass is 387 g/mol. The first-order chi connectivity index (χ1) is 14.0. The molecule has 1 aliphatic carbocycles. The lowest BCUT2D eigenvalue weighted by Crippen LogP contribution is -2.41. The van der Waals surface area contributed by atoms with Gasteiger partial charge in [-0.25, -0.2) is 0 Å². The molecule has 2 aromatic rings. The van der Waals surface area contributed by atoms with Gasteiger partial charge in [-0.3, -0.25) is 9.59 Å². The number of aliphatic imine (C=N–C) groups is 1. The van der Waals surface area contributed by atoms with E-state index in [4.69, 9.17) is 4.74 Å². The van der Waals surface area contributed by atoms with Crippen molar-refractivity contribution >= 4 is 17.6 Å². The van der Waals surface area contributed by atoms with Crippen LogP contribution in [0.3, 0.4) is 0 Å². The van der Waals surface area contributed by atoms with E-state index < -0.39 is 5.60 Å². The van der Waals surface area contributed by atoms with Crippen LogP contribution in [0.2, 0.25) is 0 Å². The van der Waals surface area contributed by atoms with Crippen molar-refractivity contribution in [3.05, 3.63) is 82.9 Å². The maximum atomic E-state index is 13.1. The molecule has 2 atom stereocenters. The molecule has 1 heterocycles. The second-order valence-corrected chi connectivity index (χ2v) is 8.09. The SMILES string of the molecule is Cc1ccc([C@H](CC2=CC(=O)CCC2)[C@@]2(C)OC(c3ccccc3)=NC2=O)cc1. The van der Waals surface area contributed by atoms with Gasteiger partial charge in [-0.15, -0.1) is 0 Å². The van der Waals surface area contributed by atoms with Crippen LogP contribution in [-0.4, -0.2) is 23.2 Å². The number of hydrogen-bond donors (Lipinski definition) is 0. The van der Waals surface area contributed by atoms with E-state index in [2.05, 4.69) is 4.99 Å². The van der Waals surface area contributed by atoms with Crippen LogP contribution in [-0.2, 0) is 14.3 Å². The number of benzene rings is 2. The Balaban J connectivity index is 1.69. The van der Waals surface area contributed by atoms with Crippen LogP contribution >= 0.6 is 0 Å². The summed E-state index contributed by atoms with van der Waals surface area (Å²) in [6.07, 6.45) is 4.71. The minimum Gasteiger partial charge on any atom is -0.460 e. The van der Waals surface area contributed by atoms with Gasteiger partial charge < -0.3 is 4.74 Å². The van der Waals surface area contributed by atoms with Gasteiger partial charge in [0.15, 0.2) is 11.4 Å². The second-order valence-electron chi connectivity index (χ2n) is 8.09. The molecule has 4 rings (SSSR count). The molecule has 0 fully saturated rings. The van der Waals surface area contributed by atoms with Gasteiger partial charge in [-0.1, -0.05) is 53.6 Å². The summed E-state index contributed by atoms with van der Waals surface area (Å²) in [6, 6.07) is 17.7. The quantitative estimate of drug-likeness (QED) is 0.732. The number of ether oxygens (including phenoxy) is 1. The number of amides is 1. The Kier molecular flexibility index (Phi) is 5.18. The van der Waals surface area contributed by atoms with Crippen molar-refractivity contribution in [1.29, 1.82) is 0 Å². The Morgan fingerprint density at radius 3 is 2.45 bits per heavy atom. The predicted octanol–water partition coefficient (Wildman–Crippen LogP) is 4.91. The summed E-state index contributed by atoms with van der Waals surface area (Å²) >= 11 is 0. The molecule has 0 saturated carbocycles. The van der Waals surface area contributed by atoms with E-state index >= 15 is 0 Å². The van der Waals surface area contributed by atoms with Crippen molar-refractivity contribution in [3.8, 4) is 0 Å². The highest BCUT2D eigenvalue weighted by molar-refractivity contribution is 6.09. The van der Waals surface area contributed by atoms with Crippen LogP contribution in [0.4, 0.5) is 0 Å². The summed E-state index contributed by atoms with van der Waals surface area (Å²) in [5.41, 5.74) is 2.94. The second kappa shape index (κ2) is 7.78. The molecule has 0 N–H and O–H groups in total. The molecular weight excluding hydrogens is 362 g/mol. The lowest BCUT2D eigenvalue weighted by atomic mass is 9.76. The number of nitrogens with zero attached hydrogens (tertiary/aromatic N) is 1. The molecule has 4 heteroatoms. The fraction of sp³-hybridized carbons (Fsp3) is 0.320. The molecule has 0 radical (unpaired) electrons. The molecule has 1 aliphatic heterocycles. The van der Waals surface area contributed by atoms with Gasteiger partial charge in [0.25, 0.3) is 5.91 Å². The Hall–Kier alpha value is -3.01. The maximum absolute atomic E-state index is 13.1. The molecule has 0 unspecified atom stereocenters. The third-order valence-corrected chi connectivity index (χ3v) is 5.85. The van der Waals surface area contributed by atoms with E-state index in [1.165, 1.54) is 0 Å². The number of allylic oxidation sites excluding steroid dienone is 2. The number of rotatable bonds is 5. The van der Waals surface area contributed by atoms with Gasteiger partial charge in [-0.05, 0) is 56.9 Å². The van der Waals surface area contributed by atoms with E-state index in [1.54, 1.807) is 6.08 Å². The highest BCUT2D eigenvalue weighted by Crippen LogP contribution is 2.42. The van der Waals surface area contributed by atoms with Crippen LogP contribution in [0.25, 0.3) is 0 Å². The number of carbonyl (C=O) groups is 2. The molecule has 2 aliphatic rings. The number of aryl methyl sites for hydroxylation is 1. The Labute approximate surface area is 171 Å². The minimum absolute atomic E-state index is 0.166. The summed E-state index contributed by atoms with van der Waals surface area (Å²) in [5, 5.41) is 0.